The number of aryl methyl sites for hydroxylation is 1. The average molecular weight is 573 g/mol. The lowest BCUT2D eigenvalue weighted by Crippen LogP contribution is -2.30. The van der Waals surface area contributed by atoms with Crippen molar-refractivity contribution in [2.75, 3.05) is 30.9 Å². The Bertz CT molecular complexity index is 1260. The largest absolute Gasteiger partial charge is 0.491 e. The average Bonchev–Trinajstić information content (AvgIpc) is 2.94. The Morgan fingerprint density at radius 3 is 2.82 bits per heavy atom. The number of methoxy groups -OCH3 is 1. The topological polar surface area (TPSA) is 68.2 Å². The molecule has 39 heavy (non-hydrogen) atoms. The van der Waals surface area contributed by atoms with Gasteiger partial charge < -0.3 is 14.4 Å². The second-order valence-corrected chi connectivity index (χ2v) is 12.4. The van der Waals surface area contributed by atoms with Crippen molar-refractivity contribution < 1.29 is 18.5 Å². The maximum atomic E-state index is 13.1. The van der Waals surface area contributed by atoms with Crippen LogP contribution in [0.5, 0.6) is 5.75 Å². The lowest BCUT2D eigenvalue weighted by molar-refractivity contribution is 0.0841. The smallest absolute Gasteiger partial charge is 0.284 e. The van der Waals surface area contributed by atoms with Crippen molar-refractivity contribution in [3.63, 3.8) is 0 Å². The summed E-state index contributed by atoms with van der Waals surface area (Å²) >= 11 is 6.39. The molecule has 2 aliphatic heterocycles. The van der Waals surface area contributed by atoms with Crippen molar-refractivity contribution >= 4 is 33.8 Å². The van der Waals surface area contributed by atoms with Gasteiger partial charge in [0.15, 0.2) is 0 Å². The summed E-state index contributed by atoms with van der Waals surface area (Å²) in [6, 6.07) is 11.6. The van der Waals surface area contributed by atoms with E-state index in [1.54, 1.807) is 13.2 Å². The van der Waals surface area contributed by atoms with E-state index in [1.807, 2.05) is 25.1 Å². The van der Waals surface area contributed by atoms with Crippen LogP contribution in [0, 0.1) is 11.8 Å². The summed E-state index contributed by atoms with van der Waals surface area (Å²) in [7, 11) is -0.231. The van der Waals surface area contributed by atoms with Gasteiger partial charge in [-0.15, -0.1) is 0 Å². The Kier molecular flexibility index (Phi) is 10.9. The van der Waals surface area contributed by atoms with Crippen molar-refractivity contribution in [2.24, 2.45) is 16.2 Å². The van der Waals surface area contributed by atoms with Gasteiger partial charge in [0.1, 0.15) is 5.75 Å². The highest BCUT2D eigenvalue weighted by atomic mass is 35.5. The minimum absolute atomic E-state index is 0.00721. The predicted molar refractivity (Wildman–Crippen MR) is 161 cm³/mol. The van der Waals surface area contributed by atoms with Crippen LogP contribution in [0.25, 0.3) is 0 Å². The van der Waals surface area contributed by atoms with Crippen LogP contribution in [0.15, 0.2) is 52.9 Å². The number of ether oxygens (including phenoxy) is 2. The maximum absolute atomic E-state index is 13.1. The molecular weight excluding hydrogens is 532 g/mol. The Labute approximate surface area is 239 Å². The van der Waals surface area contributed by atoms with Crippen molar-refractivity contribution in [1.29, 1.82) is 0 Å². The summed E-state index contributed by atoms with van der Waals surface area (Å²) in [6.07, 6.45) is 9.77. The Morgan fingerprint density at radius 2 is 2.03 bits per heavy atom. The van der Waals surface area contributed by atoms with Crippen LogP contribution in [-0.2, 0) is 28.3 Å². The van der Waals surface area contributed by atoms with Gasteiger partial charge in [0.05, 0.1) is 18.4 Å². The number of anilines is 1. The van der Waals surface area contributed by atoms with Gasteiger partial charge >= 0.3 is 0 Å². The fraction of sp³-hybridized carbons (Fsp3) is 0.516. The van der Waals surface area contributed by atoms with Crippen LogP contribution in [-0.4, -0.2) is 42.2 Å². The first kappa shape index (κ1) is 29.6. The lowest BCUT2D eigenvalue weighted by Gasteiger charge is -2.31. The minimum atomic E-state index is -2.00. The number of thiol groups is 1. The molecule has 0 N–H and O–H groups in total. The molecule has 6 nitrogen and oxygen atoms in total. The third-order valence-corrected chi connectivity index (χ3v) is 9.32. The van der Waals surface area contributed by atoms with Gasteiger partial charge in [-0.05, 0) is 85.4 Å². The fourth-order valence-electron chi connectivity index (χ4n) is 5.43. The zero-order valence-corrected chi connectivity index (χ0v) is 24.9. The van der Waals surface area contributed by atoms with E-state index in [4.69, 9.17) is 21.1 Å². The van der Waals surface area contributed by atoms with Gasteiger partial charge in [-0.1, -0.05) is 50.1 Å². The zero-order valence-electron chi connectivity index (χ0n) is 23.3. The second kappa shape index (κ2) is 14.3. The molecule has 0 spiro atoms. The second-order valence-electron chi connectivity index (χ2n) is 10.7. The van der Waals surface area contributed by atoms with Gasteiger partial charge in [-0.2, -0.15) is 4.36 Å². The van der Waals surface area contributed by atoms with Gasteiger partial charge in [-0.25, -0.2) is 0 Å². The summed E-state index contributed by atoms with van der Waals surface area (Å²) in [5.41, 5.74) is 3.75. The molecule has 1 amide bonds. The first-order chi connectivity index (χ1) is 18.9. The molecule has 2 heterocycles. The first-order valence-electron chi connectivity index (χ1n) is 14.1. The number of amides is 1. The first-order valence-corrected chi connectivity index (χ1v) is 15.8. The molecule has 2 aromatic carbocycles. The molecule has 8 heteroatoms. The van der Waals surface area contributed by atoms with E-state index in [2.05, 4.69) is 40.5 Å². The molecule has 0 fully saturated rings. The van der Waals surface area contributed by atoms with Gasteiger partial charge in [-0.3, -0.25) is 9.00 Å². The highest BCUT2D eigenvalue weighted by Crippen LogP contribution is 2.34. The molecule has 0 saturated heterocycles. The molecule has 4 atom stereocenters. The number of allylic oxidation sites excluding steroid dienone is 1. The monoisotopic (exact) mass is 572 g/mol. The Morgan fingerprint density at radius 1 is 1.18 bits per heavy atom. The van der Waals surface area contributed by atoms with Gasteiger partial charge in [0.25, 0.3) is 5.91 Å². The highest BCUT2D eigenvalue weighted by molar-refractivity contribution is 7.75. The van der Waals surface area contributed by atoms with E-state index >= 15 is 0 Å². The maximum Gasteiger partial charge on any atom is 0.284 e. The predicted octanol–water partition coefficient (Wildman–Crippen LogP) is 6.89. The summed E-state index contributed by atoms with van der Waals surface area (Å²) < 4.78 is 29.0. The lowest BCUT2D eigenvalue weighted by atomic mass is 9.93. The molecule has 2 aliphatic rings. The number of hydrogen-bond acceptors (Lipinski definition) is 5. The molecule has 0 radical (unpaired) electrons. The van der Waals surface area contributed by atoms with Crippen LogP contribution >= 0.6 is 11.6 Å². The highest BCUT2D eigenvalue weighted by Gasteiger charge is 2.23. The number of carbonyl (C=O) groups excluding carboxylic acids is 1. The van der Waals surface area contributed by atoms with Crippen molar-refractivity contribution in [3.05, 3.63) is 70.3 Å². The molecule has 2 bridgehead atoms. The standard InChI is InChI=1S/C31H41ClN2O4S/c1-4-23-15-16-34-20-26-11-13-27(32)18-24(26)9-5-6-17-38-30-14-12-25(19-28(30)34)31(35)33-39(36)21-22(2)8-7-10-29(23)37-3/h7,10-14,18-19,22-23,29,39H,4-6,8-9,15-17,20-21H2,1-3H3/b10-7+/t22-,23+,29-/m0/s1. The van der Waals surface area contributed by atoms with Crippen LogP contribution < -0.4 is 9.64 Å². The summed E-state index contributed by atoms with van der Waals surface area (Å²) in [6.45, 7) is 6.25. The van der Waals surface area contributed by atoms with Gasteiger partial charge in [0.2, 0.25) is 0 Å². The molecule has 0 saturated carbocycles. The summed E-state index contributed by atoms with van der Waals surface area (Å²) in [4.78, 5) is 15.4. The molecule has 2 aromatic rings. The van der Waals surface area contributed by atoms with Crippen LogP contribution in [0.3, 0.4) is 0 Å². The van der Waals surface area contributed by atoms with E-state index in [1.165, 1.54) is 11.1 Å². The molecule has 4 rings (SSSR count). The van der Waals surface area contributed by atoms with E-state index in [0.717, 1.165) is 61.5 Å². The van der Waals surface area contributed by atoms with Crippen LogP contribution in [0.4, 0.5) is 5.69 Å². The molecular formula is C31H41ClN2O4S. The molecule has 1 unspecified atom stereocenters. The fourth-order valence-corrected chi connectivity index (χ4v) is 6.70. The van der Waals surface area contributed by atoms with Gasteiger partial charge in [0, 0.05) is 47.1 Å². The third-order valence-electron chi connectivity index (χ3n) is 7.74. The number of benzene rings is 2. The van der Waals surface area contributed by atoms with E-state index in [-0.39, 0.29) is 12.0 Å². The number of nitrogens with zero attached hydrogens (tertiary/aromatic N) is 2. The quantitative estimate of drug-likeness (QED) is 0.313. The van der Waals surface area contributed by atoms with Crippen LogP contribution in [0.1, 0.15) is 67.4 Å². The number of hydrogen-bond donors (Lipinski definition) is 1. The molecule has 0 aliphatic carbocycles. The van der Waals surface area contributed by atoms with Crippen molar-refractivity contribution in [2.45, 2.75) is 65.0 Å². The van der Waals surface area contributed by atoms with E-state index in [9.17, 15) is 9.00 Å². The summed E-state index contributed by atoms with van der Waals surface area (Å²) in [5.74, 6) is 1.15. The normalized spacial score (nSPS) is 26.4. The number of rotatable bonds is 2. The number of fused-ring (bicyclic) bond motifs is 2. The van der Waals surface area contributed by atoms with Crippen molar-refractivity contribution in [3.8, 4) is 5.75 Å². The van der Waals surface area contributed by atoms with E-state index in [0.29, 0.717) is 30.4 Å². The third kappa shape index (κ3) is 8.09. The molecule has 212 valence electrons. The summed E-state index contributed by atoms with van der Waals surface area (Å²) in [5, 5.41) is 0.743. The number of halogens is 1. The van der Waals surface area contributed by atoms with Crippen LogP contribution in [0.2, 0.25) is 5.02 Å². The SMILES string of the molecule is CC[C@@H]1CCN2Cc3ccc(Cl)cc3CCCCOc3ccc(cc32)C(=O)/N=[SH](=O)\C[C@@H](C)C/C=C/[C@@H]1OC. The number of carbonyl (C=O) groups is 1. The Balaban J connectivity index is 1.81. The minimum Gasteiger partial charge on any atom is -0.491 e. The van der Waals surface area contributed by atoms with E-state index < -0.39 is 16.5 Å². The Hall–Kier alpha value is -2.35. The van der Waals surface area contributed by atoms with Crippen molar-refractivity contribution in [1.82, 2.24) is 0 Å². The zero-order chi connectivity index (χ0) is 27.8. The molecule has 0 aromatic heterocycles.